The Morgan fingerprint density at radius 3 is 2.30 bits per heavy atom. The Morgan fingerprint density at radius 1 is 1.04 bits per heavy atom. The third kappa shape index (κ3) is 3.30. The zero-order valence-corrected chi connectivity index (χ0v) is 14.5. The summed E-state index contributed by atoms with van der Waals surface area (Å²) in [5.74, 6) is -0.0681. The Hall–Kier alpha value is -2.11. The molecule has 3 rings (SSSR count). The molecule has 0 aliphatic carbocycles. The van der Waals surface area contributed by atoms with Gasteiger partial charge in [-0.2, -0.15) is 0 Å². The number of nitrogens with zero attached hydrogens (tertiary/aromatic N) is 2. The summed E-state index contributed by atoms with van der Waals surface area (Å²) in [4.78, 5) is 16.9. The highest BCUT2D eigenvalue weighted by Crippen LogP contribution is 2.36. The van der Waals surface area contributed by atoms with E-state index in [9.17, 15) is 4.79 Å². The van der Waals surface area contributed by atoms with Crippen LogP contribution in [0.25, 0.3) is 6.08 Å². The van der Waals surface area contributed by atoms with Crippen LogP contribution in [0, 0.1) is 0 Å². The molecular weight excluding hydrogens is 324 g/mol. The molecule has 1 heterocycles. The molecular formula is C18H16N2OS2. The quantitative estimate of drug-likeness (QED) is 0.618. The fourth-order valence-electron chi connectivity index (χ4n) is 2.29. The molecule has 1 aliphatic heterocycles. The zero-order valence-electron chi connectivity index (χ0n) is 12.9. The van der Waals surface area contributed by atoms with Crippen molar-refractivity contribution in [2.75, 3.05) is 23.9 Å². The summed E-state index contributed by atoms with van der Waals surface area (Å²) in [5.41, 5.74) is 2.88. The van der Waals surface area contributed by atoms with Gasteiger partial charge in [-0.25, -0.2) is 0 Å². The molecule has 0 unspecified atom stereocenters. The standard InChI is InChI=1S/C18H16N2OS2/c1-19(2)14-8-10-15(11-9-14)20-17(21)16(23-18(20)22)12-13-6-4-3-5-7-13/h3-12H,1-2H3/b16-12-. The lowest BCUT2D eigenvalue weighted by Gasteiger charge is -2.17. The van der Waals surface area contributed by atoms with Crippen LogP contribution in [0.5, 0.6) is 0 Å². The van der Waals surface area contributed by atoms with Gasteiger partial charge in [-0.1, -0.05) is 54.3 Å². The maximum atomic E-state index is 12.7. The minimum atomic E-state index is -0.0681. The summed E-state index contributed by atoms with van der Waals surface area (Å²) in [6.45, 7) is 0. The van der Waals surface area contributed by atoms with E-state index in [4.69, 9.17) is 12.2 Å². The summed E-state index contributed by atoms with van der Waals surface area (Å²) >= 11 is 6.73. The molecule has 0 spiro atoms. The predicted molar refractivity (Wildman–Crippen MR) is 103 cm³/mol. The summed E-state index contributed by atoms with van der Waals surface area (Å²) in [6, 6.07) is 17.6. The Bertz CT molecular complexity index is 767. The second kappa shape index (κ2) is 6.56. The lowest BCUT2D eigenvalue weighted by atomic mass is 10.2. The Morgan fingerprint density at radius 2 is 1.70 bits per heavy atom. The zero-order chi connectivity index (χ0) is 16.4. The van der Waals surface area contributed by atoms with E-state index in [0.29, 0.717) is 9.23 Å². The van der Waals surface area contributed by atoms with Crippen LogP contribution >= 0.6 is 24.0 Å². The van der Waals surface area contributed by atoms with E-state index < -0.39 is 0 Å². The summed E-state index contributed by atoms with van der Waals surface area (Å²) in [7, 11) is 3.97. The average molecular weight is 340 g/mol. The van der Waals surface area contributed by atoms with Crippen molar-refractivity contribution in [2.24, 2.45) is 0 Å². The number of benzene rings is 2. The van der Waals surface area contributed by atoms with Crippen LogP contribution in [0.2, 0.25) is 0 Å². The number of amides is 1. The van der Waals surface area contributed by atoms with Crippen molar-refractivity contribution in [2.45, 2.75) is 0 Å². The minimum Gasteiger partial charge on any atom is -0.378 e. The number of anilines is 2. The van der Waals surface area contributed by atoms with Gasteiger partial charge in [0.05, 0.1) is 10.6 Å². The van der Waals surface area contributed by atoms with Crippen LogP contribution in [-0.2, 0) is 4.79 Å². The van der Waals surface area contributed by atoms with Crippen LogP contribution in [-0.4, -0.2) is 24.3 Å². The van der Waals surface area contributed by atoms with Gasteiger partial charge in [0.25, 0.3) is 5.91 Å². The summed E-state index contributed by atoms with van der Waals surface area (Å²) < 4.78 is 0.565. The molecule has 0 atom stereocenters. The Kier molecular flexibility index (Phi) is 4.50. The van der Waals surface area contributed by atoms with Gasteiger partial charge in [0, 0.05) is 19.8 Å². The highest BCUT2D eigenvalue weighted by molar-refractivity contribution is 8.27. The maximum absolute atomic E-state index is 12.7. The summed E-state index contributed by atoms with van der Waals surface area (Å²) in [5, 5.41) is 0. The molecule has 2 aromatic carbocycles. The van der Waals surface area contributed by atoms with Gasteiger partial charge in [0.2, 0.25) is 0 Å². The van der Waals surface area contributed by atoms with Crippen molar-refractivity contribution < 1.29 is 4.79 Å². The van der Waals surface area contributed by atoms with Crippen molar-refractivity contribution >= 4 is 51.7 Å². The van der Waals surface area contributed by atoms with Crippen LogP contribution in [0.4, 0.5) is 11.4 Å². The van der Waals surface area contributed by atoms with Crippen molar-refractivity contribution in [3.63, 3.8) is 0 Å². The van der Waals surface area contributed by atoms with Crippen LogP contribution < -0.4 is 9.80 Å². The number of thiocarbonyl (C=S) groups is 1. The Labute approximate surface area is 145 Å². The molecule has 1 aliphatic rings. The van der Waals surface area contributed by atoms with Gasteiger partial charge in [0.15, 0.2) is 4.32 Å². The van der Waals surface area contributed by atoms with E-state index in [-0.39, 0.29) is 5.91 Å². The van der Waals surface area contributed by atoms with E-state index >= 15 is 0 Å². The van der Waals surface area contributed by atoms with E-state index in [2.05, 4.69) is 0 Å². The van der Waals surface area contributed by atoms with E-state index in [0.717, 1.165) is 16.9 Å². The number of hydrogen-bond donors (Lipinski definition) is 0. The van der Waals surface area contributed by atoms with Gasteiger partial charge in [-0.05, 0) is 35.9 Å². The molecule has 0 aromatic heterocycles. The molecule has 0 saturated carbocycles. The average Bonchev–Trinajstić information content (AvgIpc) is 2.82. The fraction of sp³-hybridized carbons (Fsp3) is 0.111. The van der Waals surface area contributed by atoms with Crippen molar-refractivity contribution in [3.8, 4) is 0 Å². The molecule has 1 saturated heterocycles. The van der Waals surface area contributed by atoms with E-state index in [1.54, 1.807) is 4.90 Å². The lowest BCUT2D eigenvalue weighted by Crippen LogP contribution is -2.27. The molecule has 3 nitrogen and oxygen atoms in total. The van der Waals surface area contributed by atoms with Gasteiger partial charge < -0.3 is 4.90 Å². The molecule has 1 amide bonds. The van der Waals surface area contributed by atoms with E-state index in [1.807, 2.05) is 79.7 Å². The van der Waals surface area contributed by atoms with Crippen molar-refractivity contribution in [1.29, 1.82) is 0 Å². The molecule has 23 heavy (non-hydrogen) atoms. The molecule has 1 fully saturated rings. The van der Waals surface area contributed by atoms with Gasteiger partial charge in [-0.15, -0.1) is 0 Å². The number of thioether (sulfide) groups is 1. The van der Waals surface area contributed by atoms with Crippen LogP contribution in [0.1, 0.15) is 5.56 Å². The highest BCUT2D eigenvalue weighted by Gasteiger charge is 2.33. The minimum absolute atomic E-state index is 0.0681. The van der Waals surface area contributed by atoms with Gasteiger partial charge in [0.1, 0.15) is 0 Å². The van der Waals surface area contributed by atoms with Crippen molar-refractivity contribution in [3.05, 3.63) is 65.1 Å². The lowest BCUT2D eigenvalue weighted by molar-refractivity contribution is -0.113. The first-order chi connectivity index (χ1) is 11.1. The monoisotopic (exact) mass is 340 g/mol. The van der Waals surface area contributed by atoms with Crippen molar-refractivity contribution in [1.82, 2.24) is 0 Å². The van der Waals surface area contributed by atoms with E-state index in [1.165, 1.54) is 11.8 Å². The third-order valence-electron chi connectivity index (χ3n) is 3.52. The first kappa shape index (κ1) is 15.8. The SMILES string of the molecule is CN(C)c1ccc(N2C(=O)/C(=C/c3ccccc3)SC2=S)cc1. The van der Waals surface area contributed by atoms with Crippen LogP contribution in [0.15, 0.2) is 59.5 Å². The smallest absolute Gasteiger partial charge is 0.270 e. The molecule has 5 heteroatoms. The number of rotatable bonds is 3. The molecule has 0 radical (unpaired) electrons. The molecule has 0 N–H and O–H groups in total. The highest BCUT2D eigenvalue weighted by atomic mass is 32.2. The van der Waals surface area contributed by atoms with Crippen LogP contribution in [0.3, 0.4) is 0 Å². The number of carbonyl (C=O) groups is 1. The Balaban J connectivity index is 1.88. The molecule has 2 aromatic rings. The second-order valence-corrected chi connectivity index (χ2v) is 7.01. The number of carbonyl (C=O) groups excluding carboxylic acids is 1. The fourth-order valence-corrected chi connectivity index (χ4v) is 3.59. The van der Waals surface area contributed by atoms with Gasteiger partial charge in [-0.3, -0.25) is 9.69 Å². The maximum Gasteiger partial charge on any atom is 0.270 e. The normalized spacial score (nSPS) is 16.3. The first-order valence-electron chi connectivity index (χ1n) is 7.16. The first-order valence-corrected chi connectivity index (χ1v) is 8.39. The second-order valence-electron chi connectivity index (χ2n) is 5.34. The molecule has 116 valence electrons. The molecule has 0 bridgehead atoms. The van der Waals surface area contributed by atoms with Gasteiger partial charge >= 0.3 is 0 Å². The largest absolute Gasteiger partial charge is 0.378 e. The summed E-state index contributed by atoms with van der Waals surface area (Å²) in [6.07, 6.45) is 1.88. The predicted octanol–water partition coefficient (Wildman–Crippen LogP) is 4.16. The topological polar surface area (TPSA) is 23.6 Å². The number of hydrogen-bond acceptors (Lipinski definition) is 4. The third-order valence-corrected chi connectivity index (χ3v) is 4.82.